The van der Waals surface area contributed by atoms with Gasteiger partial charge in [-0.1, -0.05) is 72.8 Å². The Balaban J connectivity index is 0.000000219. The number of rotatable bonds is 15. The van der Waals surface area contributed by atoms with Crippen molar-refractivity contribution in [3.8, 4) is 56.3 Å². The zero-order chi connectivity index (χ0) is 59.9. The summed E-state index contributed by atoms with van der Waals surface area (Å²) in [5.41, 5.74) is 5.68. The molecule has 3 aliphatic heterocycles. The number of fused-ring (bicyclic) bond motifs is 2. The van der Waals surface area contributed by atoms with Crippen molar-refractivity contribution < 1.29 is 74.0 Å². The third-order valence-corrected chi connectivity index (χ3v) is 13.4. The van der Waals surface area contributed by atoms with Gasteiger partial charge in [0.05, 0.1) is 36.7 Å². The molecule has 3 aliphatic rings. The van der Waals surface area contributed by atoms with E-state index in [2.05, 4.69) is 35.6 Å². The van der Waals surface area contributed by atoms with Crippen molar-refractivity contribution in [1.82, 2.24) is 35.3 Å². The van der Waals surface area contributed by atoms with Crippen LogP contribution in [0.3, 0.4) is 0 Å². The Labute approximate surface area is 475 Å². The highest BCUT2D eigenvalue weighted by Crippen LogP contribution is 2.43. The second-order valence-electron chi connectivity index (χ2n) is 22.0. The van der Waals surface area contributed by atoms with Crippen molar-refractivity contribution >= 4 is 30.3 Å². The van der Waals surface area contributed by atoms with Gasteiger partial charge in [0.1, 0.15) is 40.4 Å². The van der Waals surface area contributed by atoms with Crippen LogP contribution in [-0.4, -0.2) is 121 Å². The molecule has 4 amide bonds. The van der Waals surface area contributed by atoms with Crippen molar-refractivity contribution in [2.45, 2.75) is 96.9 Å². The molecule has 0 unspecified atom stereocenters. The third kappa shape index (κ3) is 16.5. The molecule has 83 heavy (non-hydrogen) atoms. The number of halogens is 6. The van der Waals surface area contributed by atoms with E-state index in [1.54, 1.807) is 90.1 Å². The quantitative estimate of drug-likeness (QED) is 0.0565. The Morgan fingerprint density at radius 1 is 0.602 bits per heavy atom. The molecule has 442 valence electrons. The Hall–Kier alpha value is -8.31. The Bertz CT molecular complexity index is 3280. The number of ether oxygens (including phenoxy) is 5. The molecule has 6 aromatic rings. The maximum absolute atomic E-state index is 13.1. The second-order valence-corrected chi connectivity index (χ2v) is 22.0. The van der Waals surface area contributed by atoms with E-state index in [0.717, 1.165) is 30.8 Å². The summed E-state index contributed by atoms with van der Waals surface area (Å²) in [6.45, 7) is 15.6. The minimum absolute atomic E-state index is 0.246. The molecule has 0 spiro atoms. The van der Waals surface area contributed by atoms with Gasteiger partial charge in [-0.3, -0.25) is 19.3 Å². The smallest absolute Gasteiger partial charge is 0.444 e. The fourth-order valence-corrected chi connectivity index (χ4v) is 9.97. The van der Waals surface area contributed by atoms with Gasteiger partial charge >= 0.3 is 24.9 Å². The highest BCUT2D eigenvalue weighted by atomic mass is 19.4. The number of hydrogen-bond donors (Lipinski definition) is 4. The van der Waals surface area contributed by atoms with Crippen LogP contribution in [0.15, 0.2) is 109 Å². The molecular formula is C60H65F6N7O10. The first kappa shape index (κ1) is 60.8. The normalized spacial score (nSPS) is 16.4. The van der Waals surface area contributed by atoms with Gasteiger partial charge in [0, 0.05) is 62.5 Å². The van der Waals surface area contributed by atoms with Crippen molar-refractivity contribution in [2.75, 3.05) is 52.5 Å². The van der Waals surface area contributed by atoms with Gasteiger partial charge in [-0.2, -0.15) is 0 Å². The van der Waals surface area contributed by atoms with Gasteiger partial charge in [-0.15, -0.1) is 26.3 Å². The maximum atomic E-state index is 13.1. The number of aldehydes is 1. The lowest BCUT2D eigenvalue weighted by atomic mass is 9.99. The van der Waals surface area contributed by atoms with E-state index in [1.165, 1.54) is 36.4 Å². The number of alkyl halides is 6. The first-order chi connectivity index (χ1) is 39.2. The molecule has 5 heterocycles. The molecule has 1 fully saturated rings. The molecule has 23 heteroatoms. The lowest BCUT2D eigenvalue weighted by Gasteiger charge is -2.29. The summed E-state index contributed by atoms with van der Waals surface area (Å²) < 4.78 is 106. The molecule has 4 N–H and O–H groups in total. The minimum atomic E-state index is -4.86. The van der Waals surface area contributed by atoms with E-state index in [9.17, 15) is 50.3 Å². The number of nitrogens with zero attached hydrogens (tertiary/aromatic N) is 3. The second kappa shape index (κ2) is 25.5. The fraction of sp³-hybridized carbons (Fsp3) is 0.383. The maximum Gasteiger partial charge on any atom is 0.573 e. The highest BCUT2D eigenvalue weighted by Gasteiger charge is 2.36. The molecular weight excluding hydrogens is 1090 g/mol. The monoisotopic (exact) mass is 1160 g/mol. The largest absolute Gasteiger partial charge is 0.573 e. The van der Waals surface area contributed by atoms with Crippen LogP contribution >= 0.6 is 0 Å². The summed E-state index contributed by atoms with van der Waals surface area (Å²) in [5, 5.41) is 11.3. The van der Waals surface area contributed by atoms with Crippen LogP contribution in [0, 0.1) is 0 Å². The van der Waals surface area contributed by atoms with Crippen LogP contribution in [0.25, 0.3) is 44.8 Å². The zero-order valence-electron chi connectivity index (χ0n) is 46.6. The summed E-state index contributed by atoms with van der Waals surface area (Å²) in [7, 11) is 0. The molecule has 0 saturated carbocycles. The number of carbonyl (C=O) groups is 5. The van der Waals surface area contributed by atoms with Crippen molar-refractivity contribution in [2.24, 2.45) is 0 Å². The molecule has 0 aliphatic carbocycles. The van der Waals surface area contributed by atoms with E-state index in [0.29, 0.717) is 95.0 Å². The van der Waals surface area contributed by atoms with Gasteiger partial charge < -0.3 is 54.1 Å². The predicted octanol–water partition coefficient (Wildman–Crippen LogP) is 11.5. The van der Waals surface area contributed by atoms with Crippen molar-refractivity contribution in [3.63, 3.8) is 0 Å². The molecule has 2 atom stereocenters. The number of carbonyl (C=O) groups excluding carboxylic acids is 5. The minimum Gasteiger partial charge on any atom is -0.444 e. The summed E-state index contributed by atoms with van der Waals surface area (Å²) in [4.78, 5) is 64.0. The number of alkyl carbamates (subject to hydrolysis) is 2. The van der Waals surface area contributed by atoms with Crippen LogP contribution in [-0.2, 0) is 20.8 Å². The van der Waals surface area contributed by atoms with Gasteiger partial charge in [0.15, 0.2) is 0 Å². The predicted molar refractivity (Wildman–Crippen MR) is 296 cm³/mol. The third-order valence-electron chi connectivity index (χ3n) is 13.4. The molecule has 0 bridgehead atoms. The number of amides is 4. The van der Waals surface area contributed by atoms with E-state index in [1.807, 2.05) is 33.4 Å². The average Bonchev–Trinajstić information content (AvgIpc) is 4.15. The molecule has 2 aromatic heterocycles. The van der Waals surface area contributed by atoms with E-state index < -0.39 is 41.9 Å². The summed E-state index contributed by atoms with van der Waals surface area (Å²) in [6.07, 6.45) is -9.21. The fourth-order valence-electron chi connectivity index (χ4n) is 9.97. The SMILES string of the molecule is CC(C)(C)OC(=O)NCC[C@H]1CNC(=O)c2cc(-c3cccc(OC(F)(F)F)c3)c(-c3ccc(C=O)cc3)n21.CC(C)(C)OC(=O)NCC[C@H]1CNC(=O)c2cc(-c3cccc(OC(F)(F)F)c3)c(-c3ccc(CN4CCOCC4)cc3)n21. The van der Waals surface area contributed by atoms with Crippen molar-refractivity contribution in [1.29, 1.82) is 0 Å². The molecule has 0 radical (unpaired) electrons. The highest BCUT2D eigenvalue weighted by molar-refractivity contribution is 6.00. The lowest BCUT2D eigenvalue weighted by Crippen LogP contribution is -2.41. The summed E-state index contributed by atoms with van der Waals surface area (Å²) in [5.74, 6) is -1.38. The number of benzene rings is 4. The number of morpholine rings is 1. The molecule has 9 rings (SSSR count). The summed E-state index contributed by atoms with van der Waals surface area (Å²) in [6, 6.07) is 28.7. The van der Waals surface area contributed by atoms with Crippen LogP contribution < -0.4 is 30.7 Å². The topological polar surface area (TPSA) is 193 Å². The molecule has 1 saturated heterocycles. The van der Waals surface area contributed by atoms with Gasteiger partial charge in [-0.05, 0) is 119 Å². The average molecular weight is 1160 g/mol. The van der Waals surface area contributed by atoms with E-state index in [-0.39, 0.29) is 49.3 Å². The Morgan fingerprint density at radius 3 is 1.42 bits per heavy atom. The van der Waals surface area contributed by atoms with Gasteiger partial charge in [0.25, 0.3) is 11.8 Å². The van der Waals surface area contributed by atoms with Crippen LogP contribution in [0.4, 0.5) is 35.9 Å². The van der Waals surface area contributed by atoms with Crippen LogP contribution in [0.5, 0.6) is 11.5 Å². The Morgan fingerprint density at radius 2 is 1.02 bits per heavy atom. The first-order valence-corrected chi connectivity index (χ1v) is 26.9. The van der Waals surface area contributed by atoms with E-state index >= 15 is 0 Å². The Kier molecular flexibility index (Phi) is 18.6. The molecule has 17 nitrogen and oxygen atoms in total. The number of hydrogen-bond acceptors (Lipinski definition) is 11. The van der Waals surface area contributed by atoms with Crippen LogP contribution in [0.1, 0.15) is 103 Å². The van der Waals surface area contributed by atoms with Crippen molar-refractivity contribution in [3.05, 3.63) is 132 Å². The van der Waals surface area contributed by atoms with Gasteiger partial charge in [0.2, 0.25) is 0 Å². The standard InChI is InChI=1S/C32H37F3N4O5.C28H28F3N3O5/c1-31(2,3)44-30(41)36-12-11-24-19-37-29(40)27-18-26(23-5-4-6-25(17-23)43-32(33,34)35)28(39(24)27)22-9-7-21(8-10-22)20-38-13-15-42-16-14-38;1-27(2,3)39-26(37)32-12-11-20-15-33-25(36)23-14-22(19-5-4-6-21(13-19)38-28(29,30)31)24(34(20)23)18-9-7-17(16-35)8-10-18/h4-10,17-18,24H,11-16,19-20H2,1-3H3,(H,36,41)(H,37,40);4-10,13-14,16,20H,11-12,15H2,1-3H3,(H,32,37)(H,33,36)/t24-;20-/m00/s1. The summed E-state index contributed by atoms with van der Waals surface area (Å²) >= 11 is 0. The number of aromatic nitrogens is 2. The van der Waals surface area contributed by atoms with Crippen LogP contribution in [0.2, 0.25) is 0 Å². The first-order valence-electron chi connectivity index (χ1n) is 26.9. The van der Waals surface area contributed by atoms with E-state index in [4.69, 9.17) is 14.2 Å². The number of nitrogens with one attached hydrogen (secondary N) is 4. The lowest BCUT2D eigenvalue weighted by molar-refractivity contribution is -0.275. The van der Waals surface area contributed by atoms with Gasteiger partial charge in [-0.25, -0.2) is 9.59 Å². The zero-order valence-corrected chi connectivity index (χ0v) is 46.6. The molecule has 4 aromatic carbocycles.